The third-order valence-corrected chi connectivity index (χ3v) is 6.79. The summed E-state index contributed by atoms with van der Waals surface area (Å²) in [4.78, 5) is 13.3. The number of amides is 1. The molecule has 1 aliphatic rings. The molecule has 27 heavy (non-hydrogen) atoms. The summed E-state index contributed by atoms with van der Waals surface area (Å²) in [5.74, 6) is 0.997. The fourth-order valence-electron chi connectivity index (χ4n) is 3.61. The van der Waals surface area contributed by atoms with Crippen LogP contribution >= 0.6 is 23.1 Å². The smallest absolute Gasteiger partial charge is 0.235 e. The number of nitrogens with zero attached hydrogens (tertiary/aromatic N) is 5. The molecule has 4 aromatic rings. The van der Waals surface area contributed by atoms with Gasteiger partial charge in [-0.3, -0.25) is 9.20 Å². The number of carbonyl (C=O) groups excluding carboxylic acids is 1. The van der Waals surface area contributed by atoms with E-state index < -0.39 is 0 Å². The van der Waals surface area contributed by atoms with Crippen molar-refractivity contribution in [3.8, 4) is 0 Å². The fraction of sp³-hybridized carbons (Fsp3) is 0.333. The van der Waals surface area contributed by atoms with Crippen molar-refractivity contribution >= 4 is 50.0 Å². The van der Waals surface area contributed by atoms with Gasteiger partial charge < -0.3 is 5.32 Å². The van der Waals surface area contributed by atoms with Crippen LogP contribution in [0.5, 0.6) is 0 Å². The molecule has 0 radical (unpaired) electrons. The van der Waals surface area contributed by atoms with Crippen LogP contribution in [-0.4, -0.2) is 36.0 Å². The highest BCUT2D eigenvalue weighted by molar-refractivity contribution is 7.99. The van der Waals surface area contributed by atoms with Gasteiger partial charge in [0.05, 0.1) is 28.2 Å². The van der Waals surface area contributed by atoms with Crippen molar-refractivity contribution in [3.63, 3.8) is 0 Å². The highest BCUT2D eigenvalue weighted by Gasteiger charge is 2.21. The van der Waals surface area contributed by atoms with Gasteiger partial charge in [0.1, 0.15) is 5.82 Å². The maximum atomic E-state index is 12.5. The Bertz CT molecular complexity index is 1110. The predicted octanol–water partition coefficient (Wildman–Crippen LogP) is 3.99. The molecule has 1 aromatic carbocycles. The van der Waals surface area contributed by atoms with Gasteiger partial charge in [0, 0.05) is 6.07 Å². The van der Waals surface area contributed by atoms with Crippen molar-refractivity contribution in [3.05, 3.63) is 36.5 Å². The van der Waals surface area contributed by atoms with Crippen LogP contribution in [0, 0.1) is 0 Å². The van der Waals surface area contributed by atoms with E-state index in [0.717, 1.165) is 39.0 Å². The van der Waals surface area contributed by atoms with E-state index in [0.29, 0.717) is 6.04 Å². The van der Waals surface area contributed by atoms with Crippen LogP contribution in [0.2, 0.25) is 0 Å². The molecular formula is C18H18N6OS2. The Morgan fingerprint density at radius 1 is 1.22 bits per heavy atom. The Balaban J connectivity index is 1.30. The molecule has 3 aromatic heterocycles. The molecule has 0 aliphatic heterocycles. The molecule has 1 saturated carbocycles. The van der Waals surface area contributed by atoms with E-state index in [1.807, 2.05) is 33.3 Å². The number of nitrogens with one attached hydrogen (secondary N) is 1. The fourth-order valence-corrected chi connectivity index (χ4v) is 5.38. The lowest BCUT2D eigenvalue weighted by molar-refractivity contribution is -0.113. The third-order valence-electron chi connectivity index (χ3n) is 4.85. The van der Waals surface area contributed by atoms with Crippen molar-refractivity contribution < 1.29 is 4.79 Å². The van der Waals surface area contributed by atoms with Crippen LogP contribution in [0.25, 0.3) is 15.2 Å². The number of aromatic nitrogens is 5. The van der Waals surface area contributed by atoms with E-state index in [1.54, 1.807) is 17.5 Å². The number of thiazole rings is 1. The highest BCUT2D eigenvalue weighted by Crippen LogP contribution is 2.32. The zero-order chi connectivity index (χ0) is 18.2. The summed E-state index contributed by atoms with van der Waals surface area (Å²) >= 11 is 3.00. The second-order valence-electron chi connectivity index (χ2n) is 6.61. The molecule has 0 saturated heterocycles. The van der Waals surface area contributed by atoms with Crippen LogP contribution < -0.4 is 5.32 Å². The molecule has 0 unspecified atom stereocenters. The summed E-state index contributed by atoms with van der Waals surface area (Å²) in [5.41, 5.74) is 1.07. The quantitative estimate of drug-likeness (QED) is 0.515. The molecule has 0 atom stereocenters. The number of benzene rings is 1. The Morgan fingerprint density at radius 2 is 2.07 bits per heavy atom. The zero-order valence-corrected chi connectivity index (χ0v) is 16.2. The Hall–Kier alpha value is -2.39. The number of anilines is 1. The van der Waals surface area contributed by atoms with Crippen LogP contribution in [0.15, 0.2) is 41.7 Å². The van der Waals surface area contributed by atoms with Gasteiger partial charge in [0.15, 0.2) is 5.16 Å². The first-order chi connectivity index (χ1) is 13.3. The zero-order valence-electron chi connectivity index (χ0n) is 14.5. The number of carbonyl (C=O) groups is 1. The van der Waals surface area contributed by atoms with Gasteiger partial charge in [0.25, 0.3) is 0 Å². The van der Waals surface area contributed by atoms with E-state index in [4.69, 9.17) is 0 Å². The monoisotopic (exact) mass is 398 g/mol. The number of hydrogen-bond donors (Lipinski definition) is 1. The molecule has 1 N–H and O–H groups in total. The van der Waals surface area contributed by atoms with E-state index in [-0.39, 0.29) is 11.7 Å². The summed E-state index contributed by atoms with van der Waals surface area (Å²) in [6, 6.07) is 10.4. The number of para-hydroxylation sites is 1. The molecule has 0 spiro atoms. The van der Waals surface area contributed by atoms with Crippen molar-refractivity contribution in [1.29, 1.82) is 0 Å². The lowest BCUT2D eigenvalue weighted by Crippen LogP contribution is -2.19. The normalized spacial score (nSPS) is 15.1. The minimum absolute atomic E-state index is 0.0592. The van der Waals surface area contributed by atoms with Gasteiger partial charge in [-0.05, 0) is 25.0 Å². The third kappa shape index (κ3) is 3.10. The van der Waals surface area contributed by atoms with Crippen molar-refractivity contribution in [2.45, 2.75) is 36.9 Å². The highest BCUT2D eigenvalue weighted by atomic mass is 32.2. The molecule has 3 heterocycles. The van der Waals surface area contributed by atoms with E-state index in [1.165, 1.54) is 24.6 Å². The molecule has 1 amide bonds. The average Bonchev–Trinajstić information content (AvgIpc) is 3.44. The van der Waals surface area contributed by atoms with Gasteiger partial charge in [-0.1, -0.05) is 48.1 Å². The van der Waals surface area contributed by atoms with Crippen LogP contribution in [0.4, 0.5) is 5.82 Å². The van der Waals surface area contributed by atoms with E-state index in [9.17, 15) is 4.79 Å². The van der Waals surface area contributed by atoms with E-state index >= 15 is 0 Å². The standard InChI is InChI=1S/C18H18N6OS2/c25-16(20-15-9-10-19-24(15)12-5-1-2-6-12)11-26-17-21-22-18-23(17)13-7-3-4-8-14(13)27-18/h3-4,7-10,12H,1-2,5-6,11H2,(H,20,25). The summed E-state index contributed by atoms with van der Waals surface area (Å²) < 4.78 is 5.13. The molecule has 0 bridgehead atoms. The average molecular weight is 399 g/mol. The first kappa shape index (κ1) is 16.8. The summed E-state index contributed by atoms with van der Waals surface area (Å²) in [6.07, 6.45) is 6.46. The first-order valence-electron chi connectivity index (χ1n) is 8.98. The van der Waals surface area contributed by atoms with Gasteiger partial charge >= 0.3 is 0 Å². The molecule has 138 valence electrons. The first-order valence-corrected chi connectivity index (χ1v) is 10.8. The summed E-state index contributed by atoms with van der Waals surface area (Å²) in [5, 5.41) is 16.6. The van der Waals surface area contributed by atoms with Crippen molar-refractivity contribution in [2.24, 2.45) is 0 Å². The molecule has 7 nitrogen and oxygen atoms in total. The molecule has 5 rings (SSSR count). The minimum Gasteiger partial charge on any atom is -0.310 e. The van der Waals surface area contributed by atoms with Gasteiger partial charge in [-0.25, -0.2) is 4.68 Å². The molecular weight excluding hydrogens is 380 g/mol. The number of rotatable bonds is 5. The molecule has 1 aliphatic carbocycles. The maximum absolute atomic E-state index is 12.5. The Morgan fingerprint density at radius 3 is 2.96 bits per heavy atom. The second kappa shape index (κ2) is 6.97. The Kier molecular flexibility index (Phi) is 4.33. The number of fused-ring (bicyclic) bond motifs is 3. The molecule has 1 fully saturated rings. The van der Waals surface area contributed by atoms with Gasteiger partial charge in [-0.15, -0.1) is 10.2 Å². The largest absolute Gasteiger partial charge is 0.310 e. The lowest BCUT2D eigenvalue weighted by atomic mass is 10.2. The lowest BCUT2D eigenvalue weighted by Gasteiger charge is -2.14. The summed E-state index contributed by atoms with van der Waals surface area (Å²) in [7, 11) is 0. The van der Waals surface area contributed by atoms with E-state index in [2.05, 4.69) is 26.7 Å². The number of thioether (sulfide) groups is 1. The van der Waals surface area contributed by atoms with Crippen molar-refractivity contribution in [1.82, 2.24) is 24.4 Å². The van der Waals surface area contributed by atoms with Crippen molar-refractivity contribution in [2.75, 3.05) is 11.1 Å². The summed E-state index contributed by atoms with van der Waals surface area (Å²) in [6.45, 7) is 0. The maximum Gasteiger partial charge on any atom is 0.235 e. The second-order valence-corrected chi connectivity index (χ2v) is 8.56. The SMILES string of the molecule is O=C(CSc1nnc2sc3ccccc3n12)Nc1ccnn1C1CCCC1. The Labute approximate surface area is 163 Å². The van der Waals surface area contributed by atoms with Crippen LogP contribution in [-0.2, 0) is 4.79 Å². The molecule has 9 heteroatoms. The predicted molar refractivity (Wildman–Crippen MR) is 107 cm³/mol. The van der Waals surface area contributed by atoms with Gasteiger partial charge in [-0.2, -0.15) is 5.10 Å². The van der Waals surface area contributed by atoms with Gasteiger partial charge in [0.2, 0.25) is 10.9 Å². The minimum atomic E-state index is -0.0592. The van der Waals surface area contributed by atoms with Crippen LogP contribution in [0.3, 0.4) is 0 Å². The number of hydrogen-bond acceptors (Lipinski definition) is 6. The van der Waals surface area contributed by atoms with Crippen LogP contribution in [0.1, 0.15) is 31.7 Å². The topological polar surface area (TPSA) is 77.1 Å².